The smallest absolute Gasteiger partial charge is 0.198 e. The molecule has 4 heteroatoms. The molecule has 1 aliphatic carbocycles. The molecule has 0 spiro atoms. The second-order valence-corrected chi connectivity index (χ2v) is 7.22. The normalized spacial score (nSPS) is 16.8. The zero-order valence-corrected chi connectivity index (χ0v) is 17.6. The second kappa shape index (κ2) is 9.84. The highest BCUT2D eigenvalue weighted by Gasteiger charge is 2.14. The summed E-state index contributed by atoms with van der Waals surface area (Å²) in [6, 6.07) is 12.4. The van der Waals surface area contributed by atoms with Gasteiger partial charge in [0.05, 0.1) is 0 Å². The Bertz CT molecular complexity index is 1220. The van der Waals surface area contributed by atoms with Gasteiger partial charge in [0, 0.05) is 17.7 Å². The summed E-state index contributed by atoms with van der Waals surface area (Å²) in [7, 11) is 1.89. The molecule has 0 radical (unpaired) electrons. The first kappa shape index (κ1) is 21.2. The van der Waals surface area contributed by atoms with Crippen molar-refractivity contribution in [2.45, 2.75) is 0 Å². The number of hydrogen-bond donors (Lipinski definition) is 1. The second-order valence-electron chi connectivity index (χ2n) is 7.22. The van der Waals surface area contributed by atoms with Gasteiger partial charge in [-0.15, -0.1) is 0 Å². The van der Waals surface area contributed by atoms with Crippen LogP contribution in [0, 0.1) is 11.6 Å². The van der Waals surface area contributed by atoms with Gasteiger partial charge in [0.2, 0.25) is 0 Å². The maximum atomic E-state index is 13.4. The summed E-state index contributed by atoms with van der Waals surface area (Å²) in [5, 5.41) is 0. The van der Waals surface area contributed by atoms with E-state index in [9.17, 15) is 8.78 Å². The summed E-state index contributed by atoms with van der Waals surface area (Å²) in [5.74, 6) is 0.622. The first-order valence-electron chi connectivity index (χ1n) is 10.2. The van der Waals surface area contributed by atoms with Gasteiger partial charge in [-0.1, -0.05) is 30.4 Å². The average Bonchev–Trinajstić information content (AvgIpc) is 2.83. The molecule has 4 rings (SSSR count). The van der Waals surface area contributed by atoms with Crippen molar-refractivity contribution in [3.8, 4) is 0 Å². The van der Waals surface area contributed by atoms with Gasteiger partial charge in [0.1, 0.15) is 30.2 Å². The molecule has 158 valence electrons. The van der Waals surface area contributed by atoms with Crippen molar-refractivity contribution in [1.82, 2.24) is 0 Å². The lowest BCUT2D eigenvalue weighted by molar-refractivity contribution is -0.417. The van der Waals surface area contributed by atoms with Gasteiger partial charge in [0.15, 0.2) is 5.71 Å². The molecule has 0 bridgehead atoms. The van der Waals surface area contributed by atoms with Crippen LogP contribution < -0.4 is 4.99 Å². The Morgan fingerprint density at radius 1 is 0.719 bits per heavy atom. The number of allylic oxidation sites excluding steroid dienone is 12. The largest absolute Gasteiger partial charge is 0.457 e. The molecule has 1 N–H and O–H groups in total. The highest BCUT2D eigenvalue weighted by Crippen LogP contribution is 2.32. The maximum absolute atomic E-state index is 13.4. The molecule has 0 saturated carbocycles. The third-order valence-electron chi connectivity index (χ3n) is 4.98. The number of benzene rings is 2. The Balaban J connectivity index is 1.61. The number of halogens is 2. The van der Waals surface area contributed by atoms with E-state index in [1.807, 2.05) is 67.8 Å². The van der Waals surface area contributed by atoms with Crippen LogP contribution in [0.3, 0.4) is 0 Å². The Morgan fingerprint density at radius 3 is 1.94 bits per heavy atom. The van der Waals surface area contributed by atoms with Crippen LogP contribution in [0.1, 0.15) is 11.1 Å². The lowest BCUT2D eigenvalue weighted by Gasteiger charge is -2.18. The van der Waals surface area contributed by atoms with Gasteiger partial charge in [-0.05, 0) is 83.5 Å². The molecule has 0 unspecified atom stereocenters. The summed E-state index contributed by atoms with van der Waals surface area (Å²) in [4.78, 5) is 3.09. The van der Waals surface area contributed by atoms with Crippen LogP contribution in [-0.4, -0.2) is 12.8 Å². The van der Waals surface area contributed by atoms with Crippen molar-refractivity contribution >= 4 is 17.0 Å². The molecule has 32 heavy (non-hydrogen) atoms. The van der Waals surface area contributed by atoms with E-state index >= 15 is 0 Å². The number of hydrogen-bond acceptors (Lipinski definition) is 1. The Hall–Kier alpha value is -4.05. The fourth-order valence-electron chi connectivity index (χ4n) is 3.25. The van der Waals surface area contributed by atoms with Gasteiger partial charge in [-0.25, -0.2) is 13.8 Å². The van der Waals surface area contributed by atoms with E-state index in [1.54, 1.807) is 24.3 Å². The van der Waals surface area contributed by atoms with E-state index < -0.39 is 0 Å². The molecule has 0 fully saturated rings. The zero-order valence-electron chi connectivity index (χ0n) is 17.6. The minimum absolute atomic E-state index is 0.291. The van der Waals surface area contributed by atoms with E-state index in [1.165, 1.54) is 24.3 Å². The van der Waals surface area contributed by atoms with E-state index in [4.69, 9.17) is 4.74 Å². The predicted octanol–water partition coefficient (Wildman–Crippen LogP) is 5.06. The fraction of sp³-hybridized carbons (Fsp3) is 0.0357. The van der Waals surface area contributed by atoms with Gasteiger partial charge < -0.3 is 4.74 Å². The highest BCUT2D eigenvalue weighted by molar-refractivity contribution is 6.01. The fourth-order valence-corrected chi connectivity index (χ4v) is 3.25. The van der Waals surface area contributed by atoms with Crippen LogP contribution in [0.25, 0.3) is 11.3 Å². The molecule has 0 atom stereocenters. The molecule has 2 aliphatic rings. The van der Waals surface area contributed by atoms with Crippen LogP contribution in [-0.2, 0) is 4.74 Å². The van der Waals surface area contributed by atoms with Crippen molar-refractivity contribution in [1.29, 1.82) is 0 Å². The molecule has 2 aromatic carbocycles. The maximum Gasteiger partial charge on any atom is 0.198 e. The first-order valence-corrected chi connectivity index (χ1v) is 10.2. The van der Waals surface area contributed by atoms with Gasteiger partial charge in [-0.3, -0.25) is 0 Å². The van der Waals surface area contributed by atoms with Crippen molar-refractivity contribution in [2.24, 2.45) is 0 Å². The number of nitrogens with one attached hydrogen (secondary N) is 1. The van der Waals surface area contributed by atoms with E-state index in [2.05, 4.69) is 4.99 Å². The third kappa shape index (κ3) is 5.35. The predicted molar refractivity (Wildman–Crippen MR) is 125 cm³/mol. The van der Waals surface area contributed by atoms with Gasteiger partial charge in [-0.2, -0.15) is 0 Å². The molecule has 0 saturated heterocycles. The standard InChI is InChI=1S/C28H21F2NO/c1-31-26-16-6-20(7-17-26)4-2-3-5-27-18-23(21-8-12-24(29)13-9-21)19-28(32-27)22-10-14-25(30)15-11-22/h2-19H,1H3/p+1. The topological polar surface area (TPSA) is 23.2 Å². The van der Waals surface area contributed by atoms with Gasteiger partial charge >= 0.3 is 0 Å². The minimum atomic E-state index is -0.309. The molecular formula is C28H22F2NO+. The SMILES string of the molecule is C[NH+]=C1C=CC(=CC=CC=C2C=C(c3ccc(F)cc3)C=C(c3ccc(F)cc3)O2)C=C1. The van der Waals surface area contributed by atoms with E-state index in [0.29, 0.717) is 11.5 Å². The van der Waals surface area contributed by atoms with Crippen LogP contribution in [0.4, 0.5) is 8.78 Å². The minimum Gasteiger partial charge on any atom is -0.457 e. The number of rotatable bonds is 4. The van der Waals surface area contributed by atoms with E-state index in [-0.39, 0.29) is 11.6 Å². The van der Waals surface area contributed by atoms with Crippen LogP contribution in [0.5, 0.6) is 0 Å². The lowest BCUT2D eigenvalue weighted by atomic mass is 10.0. The molecule has 1 aliphatic heterocycles. The summed E-state index contributed by atoms with van der Waals surface area (Å²) in [6.45, 7) is 0. The van der Waals surface area contributed by atoms with Crippen LogP contribution >= 0.6 is 0 Å². The van der Waals surface area contributed by atoms with Crippen molar-refractivity contribution < 1.29 is 18.5 Å². The summed E-state index contributed by atoms with van der Waals surface area (Å²) in [5.41, 5.74) is 4.63. The zero-order chi connectivity index (χ0) is 22.3. The third-order valence-corrected chi connectivity index (χ3v) is 4.98. The Morgan fingerprint density at radius 2 is 1.31 bits per heavy atom. The quantitative estimate of drug-likeness (QED) is 0.726. The molecule has 0 aromatic heterocycles. The number of ether oxygens (including phenoxy) is 1. The van der Waals surface area contributed by atoms with Crippen LogP contribution in [0.15, 0.2) is 121 Å². The summed E-state index contributed by atoms with van der Waals surface area (Å²) in [6.07, 6.45) is 19.5. The average molecular weight is 426 g/mol. The van der Waals surface area contributed by atoms with Crippen molar-refractivity contribution in [3.05, 3.63) is 143 Å². The molecule has 2 nitrogen and oxygen atoms in total. The summed E-state index contributed by atoms with van der Waals surface area (Å²) >= 11 is 0. The molecule has 2 aromatic rings. The molecular weight excluding hydrogens is 404 g/mol. The lowest BCUT2D eigenvalue weighted by Crippen LogP contribution is -2.67. The monoisotopic (exact) mass is 426 g/mol. The van der Waals surface area contributed by atoms with E-state index in [0.717, 1.165) is 28.0 Å². The Labute approximate surface area is 186 Å². The first-order chi connectivity index (χ1) is 15.6. The van der Waals surface area contributed by atoms with Crippen LogP contribution in [0.2, 0.25) is 0 Å². The molecule has 0 amide bonds. The highest BCUT2D eigenvalue weighted by atomic mass is 19.1. The Kier molecular flexibility index (Phi) is 6.52. The summed E-state index contributed by atoms with van der Waals surface area (Å²) < 4.78 is 32.8. The van der Waals surface area contributed by atoms with Crippen molar-refractivity contribution in [2.75, 3.05) is 7.05 Å². The van der Waals surface area contributed by atoms with Crippen molar-refractivity contribution in [3.63, 3.8) is 0 Å². The molecule has 1 heterocycles. The van der Waals surface area contributed by atoms with Gasteiger partial charge in [0.25, 0.3) is 0 Å².